The Morgan fingerprint density at radius 1 is 1.23 bits per heavy atom. The molecular formula is C15H17Cl2IN4. The first-order chi connectivity index (χ1) is 10.1. The van der Waals surface area contributed by atoms with Crippen LogP contribution in [0.25, 0.3) is 0 Å². The fourth-order valence-electron chi connectivity index (χ4n) is 1.74. The van der Waals surface area contributed by atoms with Gasteiger partial charge < -0.3 is 11.1 Å². The van der Waals surface area contributed by atoms with Gasteiger partial charge in [-0.15, -0.1) is 24.0 Å². The summed E-state index contributed by atoms with van der Waals surface area (Å²) in [7, 11) is 0. The van der Waals surface area contributed by atoms with Crippen LogP contribution in [-0.2, 0) is 13.0 Å². The molecule has 1 aromatic heterocycles. The van der Waals surface area contributed by atoms with Gasteiger partial charge in [0.05, 0.1) is 6.54 Å². The Balaban J connectivity index is 0.00000242. The van der Waals surface area contributed by atoms with Crippen molar-refractivity contribution in [3.8, 4) is 0 Å². The Hall–Kier alpha value is -1.05. The summed E-state index contributed by atoms with van der Waals surface area (Å²) < 4.78 is 0. The maximum absolute atomic E-state index is 6.07. The van der Waals surface area contributed by atoms with Gasteiger partial charge in [-0.2, -0.15) is 0 Å². The lowest BCUT2D eigenvalue weighted by molar-refractivity contribution is 0.827. The summed E-state index contributed by atoms with van der Waals surface area (Å²) >= 11 is 11.9. The van der Waals surface area contributed by atoms with Crippen molar-refractivity contribution in [2.24, 2.45) is 10.7 Å². The van der Waals surface area contributed by atoms with Crippen molar-refractivity contribution < 1.29 is 0 Å². The average molecular weight is 451 g/mol. The second-order valence-corrected chi connectivity index (χ2v) is 5.28. The van der Waals surface area contributed by atoms with Gasteiger partial charge in [-0.3, -0.25) is 4.98 Å². The summed E-state index contributed by atoms with van der Waals surface area (Å²) in [6.45, 7) is 1.10. The van der Waals surface area contributed by atoms with Gasteiger partial charge in [0.15, 0.2) is 5.96 Å². The zero-order chi connectivity index (χ0) is 15.1. The molecule has 0 radical (unpaired) electrons. The fraction of sp³-hybridized carbons (Fsp3) is 0.200. The minimum atomic E-state index is 0. The smallest absolute Gasteiger partial charge is 0.188 e. The Morgan fingerprint density at radius 3 is 2.73 bits per heavy atom. The third-order valence-corrected chi connectivity index (χ3v) is 3.44. The number of nitrogens with one attached hydrogen (secondary N) is 1. The third-order valence-electron chi connectivity index (χ3n) is 2.85. The number of rotatable bonds is 5. The molecule has 0 aliphatic rings. The number of aliphatic imine (C=N–C) groups is 1. The molecule has 0 fully saturated rings. The summed E-state index contributed by atoms with van der Waals surface area (Å²) in [6.07, 6.45) is 2.56. The number of hydrogen-bond donors (Lipinski definition) is 2. The number of nitrogens with two attached hydrogens (primary N) is 1. The van der Waals surface area contributed by atoms with Crippen molar-refractivity contribution in [1.82, 2.24) is 10.3 Å². The number of halogens is 3. The first-order valence-corrected chi connectivity index (χ1v) is 7.28. The number of hydrogen-bond acceptors (Lipinski definition) is 2. The van der Waals surface area contributed by atoms with Crippen LogP contribution in [-0.4, -0.2) is 17.5 Å². The van der Waals surface area contributed by atoms with E-state index in [4.69, 9.17) is 28.9 Å². The zero-order valence-corrected chi connectivity index (χ0v) is 15.6. The van der Waals surface area contributed by atoms with Gasteiger partial charge in [-0.1, -0.05) is 35.3 Å². The largest absolute Gasteiger partial charge is 0.370 e. The second kappa shape index (κ2) is 9.86. The van der Waals surface area contributed by atoms with Crippen molar-refractivity contribution in [3.05, 3.63) is 63.9 Å². The van der Waals surface area contributed by atoms with Crippen LogP contribution in [0.3, 0.4) is 0 Å². The van der Waals surface area contributed by atoms with Crippen LogP contribution in [0.5, 0.6) is 0 Å². The predicted molar refractivity (Wildman–Crippen MR) is 103 cm³/mol. The number of aromatic nitrogens is 1. The van der Waals surface area contributed by atoms with Crippen LogP contribution < -0.4 is 11.1 Å². The van der Waals surface area contributed by atoms with E-state index in [2.05, 4.69) is 15.3 Å². The van der Waals surface area contributed by atoms with E-state index in [9.17, 15) is 0 Å². The molecule has 0 atom stereocenters. The highest BCUT2D eigenvalue weighted by Gasteiger charge is 2.01. The summed E-state index contributed by atoms with van der Waals surface area (Å²) in [5.74, 6) is 0.386. The molecule has 0 saturated heterocycles. The number of guanidine groups is 1. The van der Waals surface area contributed by atoms with Crippen LogP contribution in [0.1, 0.15) is 11.3 Å². The highest BCUT2D eigenvalue weighted by molar-refractivity contribution is 14.0. The molecule has 4 nitrogen and oxygen atoms in total. The van der Waals surface area contributed by atoms with Gasteiger partial charge in [-0.05, 0) is 29.8 Å². The molecule has 0 aliphatic carbocycles. The van der Waals surface area contributed by atoms with Crippen molar-refractivity contribution in [3.63, 3.8) is 0 Å². The summed E-state index contributed by atoms with van der Waals surface area (Å²) in [5.41, 5.74) is 7.71. The lowest BCUT2D eigenvalue weighted by Crippen LogP contribution is -2.33. The Kier molecular flexibility index (Phi) is 8.52. The molecule has 0 saturated carbocycles. The molecule has 118 valence electrons. The molecule has 22 heavy (non-hydrogen) atoms. The Bertz CT molecular complexity index is 620. The normalized spacial score (nSPS) is 10.9. The molecule has 2 aromatic rings. The average Bonchev–Trinajstić information content (AvgIpc) is 2.47. The molecule has 2 rings (SSSR count). The lowest BCUT2D eigenvalue weighted by Gasteiger charge is -2.06. The molecule has 1 aromatic carbocycles. The lowest BCUT2D eigenvalue weighted by atomic mass is 10.2. The van der Waals surface area contributed by atoms with E-state index in [0.29, 0.717) is 29.1 Å². The predicted octanol–water partition coefficient (Wildman–Crippen LogP) is 3.65. The molecule has 7 heteroatoms. The van der Waals surface area contributed by atoms with Gasteiger partial charge in [0, 0.05) is 34.9 Å². The quantitative estimate of drug-likeness (QED) is 0.415. The first-order valence-electron chi connectivity index (χ1n) is 6.53. The third kappa shape index (κ3) is 6.37. The van der Waals surface area contributed by atoms with Crippen LogP contribution in [0.15, 0.2) is 47.6 Å². The van der Waals surface area contributed by atoms with Crippen LogP contribution >= 0.6 is 47.2 Å². The minimum absolute atomic E-state index is 0. The van der Waals surface area contributed by atoms with E-state index in [1.165, 1.54) is 0 Å². The summed E-state index contributed by atoms with van der Waals surface area (Å²) in [5, 5.41) is 4.25. The van der Waals surface area contributed by atoms with Gasteiger partial charge in [0.1, 0.15) is 0 Å². The molecule has 0 unspecified atom stereocenters. The summed E-state index contributed by atoms with van der Waals surface area (Å²) in [4.78, 5) is 8.49. The SMILES string of the molecule is I.NC(=NCc1ccc(Cl)cc1Cl)NCCc1ccccn1. The van der Waals surface area contributed by atoms with E-state index in [0.717, 1.165) is 17.7 Å². The van der Waals surface area contributed by atoms with E-state index < -0.39 is 0 Å². The molecule has 0 amide bonds. The van der Waals surface area contributed by atoms with Gasteiger partial charge in [0.2, 0.25) is 0 Å². The molecule has 0 aliphatic heterocycles. The Labute approximate surface area is 157 Å². The Morgan fingerprint density at radius 2 is 2.05 bits per heavy atom. The summed E-state index contributed by atoms with van der Waals surface area (Å²) in [6, 6.07) is 11.1. The fourth-order valence-corrected chi connectivity index (χ4v) is 2.21. The van der Waals surface area contributed by atoms with Crippen molar-refractivity contribution >= 4 is 53.1 Å². The van der Waals surface area contributed by atoms with Gasteiger partial charge in [0.25, 0.3) is 0 Å². The minimum Gasteiger partial charge on any atom is -0.370 e. The van der Waals surface area contributed by atoms with E-state index in [1.54, 1.807) is 18.3 Å². The van der Waals surface area contributed by atoms with Gasteiger partial charge >= 0.3 is 0 Å². The highest BCUT2D eigenvalue weighted by Crippen LogP contribution is 2.21. The van der Waals surface area contributed by atoms with Gasteiger partial charge in [-0.25, -0.2) is 4.99 Å². The standard InChI is InChI=1S/C15H16Cl2N4.HI/c16-12-5-4-11(14(17)9-12)10-21-15(18)20-8-6-13-3-1-2-7-19-13;/h1-5,7,9H,6,8,10H2,(H3,18,20,21);1H. The first kappa shape index (κ1) is 19.0. The molecule has 1 heterocycles. The molecule has 0 bridgehead atoms. The van der Waals surface area contributed by atoms with Crippen LogP contribution in [0, 0.1) is 0 Å². The molecule has 0 spiro atoms. The second-order valence-electron chi connectivity index (χ2n) is 4.44. The molecule has 3 N–H and O–H groups in total. The van der Waals surface area contributed by atoms with Crippen molar-refractivity contribution in [2.45, 2.75) is 13.0 Å². The van der Waals surface area contributed by atoms with Crippen LogP contribution in [0.4, 0.5) is 0 Å². The monoisotopic (exact) mass is 450 g/mol. The number of nitrogens with zero attached hydrogens (tertiary/aromatic N) is 2. The topological polar surface area (TPSA) is 63.3 Å². The zero-order valence-electron chi connectivity index (χ0n) is 11.8. The van der Waals surface area contributed by atoms with E-state index in [-0.39, 0.29) is 24.0 Å². The number of benzene rings is 1. The van der Waals surface area contributed by atoms with Crippen molar-refractivity contribution in [2.75, 3.05) is 6.54 Å². The maximum Gasteiger partial charge on any atom is 0.188 e. The van der Waals surface area contributed by atoms with Crippen LogP contribution in [0.2, 0.25) is 10.0 Å². The highest BCUT2D eigenvalue weighted by atomic mass is 127. The molecular weight excluding hydrogens is 434 g/mol. The number of pyridine rings is 1. The maximum atomic E-state index is 6.07. The van der Waals surface area contributed by atoms with E-state index in [1.807, 2.05) is 24.3 Å². The van der Waals surface area contributed by atoms with Crippen molar-refractivity contribution in [1.29, 1.82) is 0 Å². The van der Waals surface area contributed by atoms with E-state index >= 15 is 0 Å².